The Morgan fingerprint density at radius 1 is 1.36 bits per heavy atom. The van der Waals surface area contributed by atoms with Crippen LogP contribution in [0.25, 0.3) is 0 Å². The second-order valence-electron chi connectivity index (χ2n) is 3.80. The fourth-order valence-electron chi connectivity index (χ4n) is 1.68. The summed E-state index contributed by atoms with van der Waals surface area (Å²) in [5, 5.41) is 0. The predicted octanol–water partition coefficient (Wildman–Crippen LogP) is 2.38. The van der Waals surface area contributed by atoms with E-state index in [-0.39, 0.29) is 6.10 Å². The first-order valence-electron chi connectivity index (χ1n) is 5.12. The smallest absolute Gasteiger partial charge is 0.0837 e. The molecule has 2 atom stereocenters. The van der Waals surface area contributed by atoms with Crippen molar-refractivity contribution in [1.29, 1.82) is 0 Å². The summed E-state index contributed by atoms with van der Waals surface area (Å²) in [4.78, 5) is 0. The first-order chi connectivity index (χ1) is 6.84. The van der Waals surface area contributed by atoms with Crippen molar-refractivity contribution < 1.29 is 9.47 Å². The van der Waals surface area contributed by atoms with Gasteiger partial charge in [0.05, 0.1) is 25.4 Å². The van der Waals surface area contributed by atoms with Gasteiger partial charge < -0.3 is 9.47 Å². The lowest BCUT2D eigenvalue weighted by Gasteiger charge is -2.09. The molecule has 1 aliphatic rings. The van der Waals surface area contributed by atoms with Crippen LogP contribution in [0.4, 0.5) is 0 Å². The summed E-state index contributed by atoms with van der Waals surface area (Å²) in [7, 11) is 0. The minimum Gasteiger partial charge on any atom is -0.376 e. The molecule has 2 rings (SSSR count). The Labute approximate surface area is 84.8 Å². The molecule has 1 saturated heterocycles. The second-order valence-corrected chi connectivity index (χ2v) is 3.80. The maximum Gasteiger partial charge on any atom is 0.0837 e. The minimum absolute atomic E-state index is 0.283. The molecule has 0 unspecified atom stereocenters. The molecule has 0 radical (unpaired) electrons. The lowest BCUT2D eigenvalue weighted by molar-refractivity contribution is 0.0286. The Morgan fingerprint density at radius 3 is 2.79 bits per heavy atom. The molecule has 0 bridgehead atoms. The summed E-state index contributed by atoms with van der Waals surface area (Å²) in [6, 6.07) is 10.3. The van der Waals surface area contributed by atoms with Gasteiger partial charge in [-0.1, -0.05) is 30.3 Å². The van der Waals surface area contributed by atoms with Crippen molar-refractivity contribution in [2.24, 2.45) is 0 Å². The molecule has 0 amide bonds. The van der Waals surface area contributed by atoms with Gasteiger partial charge in [0.15, 0.2) is 0 Å². The standard InChI is InChI=1S/C12H16O2/c1-10-7-12(9-13-10)14-8-11-5-3-2-4-6-11/h2-6,10,12H,7-9H2,1H3/t10-,12-/m0/s1. The first kappa shape index (κ1) is 9.69. The van der Waals surface area contributed by atoms with Crippen molar-refractivity contribution in [1.82, 2.24) is 0 Å². The van der Waals surface area contributed by atoms with Crippen LogP contribution in [0, 0.1) is 0 Å². The Bertz CT molecular complexity index is 271. The maximum atomic E-state index is 5.73. The predicted molar refractivity (Wildman–Crippen MR) is 55.1 cm³/mol. The zero-order chi connectivity index (χ0) is 9.80. The monoisotopic (exact) mass is 192 g/mol. The van der Waals surface area contributed by atoms with Crippen LogP contribution >= 0.6 is 0 Å². The van der Waals surface area contributed by atoms with Gasteiger partial charge in [-0.2, -0.15) is 0 Å². The number of ether oxygens (including phenoxy) is 2. The second kappa shape index (κ2) is 4.58. The van der Waals surface area contributed by atoms with E-state index in [1.807, 2.05) is 18.2 Å². The normalized spacial score (nSPS) is 26.6. The average molecular weight is 192 g/mol. The van der Waals surface area contributed by atoms with Crippen LogP contribution in [-0.4, -0.2) is 18.8 Å². The molecule has 2 heteroatoms. The lowest BCUT2D eigenvalue weighted by Crippen LogP contribution is -2.12. The molecule has 1 fully saturated rings. The molecule has 76 valence electrons. The molecule has 1 aliphatic heterocycles. The molecule has 0 spiro atoms. The highest BCUT2D eigenvalue weighted by Crippen LogP contribution is 2.16. The van der Waals surface area contributed by atoms with E-state index in [1.54, 1.807) is 0 Å². The maximum absolute atomic E-state index is 5.73. The quantitative estimate of drug-likeness (QED) is 0.732. The van der Waals surface area contributed by atoms with E-state index in [4.69, 9.17) is 9.47 Å². The number of hydrogen-bond donors (Lipinski definition) is 0. The van der Waals surface area contributed by atoms with E-state index in [0.717, 1.165) is 13.0 Å². The van der Waals surface area contributed by atoms with Gasteiger partial charge in [0.1, 0.15) is 0 Å². The van der Waals surface area contributed by atoms with Gasteiger partial charge in [-0.15, -0.1) is 0 Å². The van der Waals surface area contributed by atoms with Gasteiger partial charge in [-0.05, 0) is 12.5 Å². The van der Waals surface area contributed by atoms with Crippen molar-refractivity contribution in [2.45, 2.75) is 32.2 Å². The van der Waals surface area contributed by atoms with Crippen LogP contribution < -0.4 is 0 Å². The summed E-state index contributed by atoms with van der Waals surface area (Å²) in [5.41, 5.74) is 1.23. The SMILES string of the molecule is C[C@H]1C[C@H](OCc2ccccc2)CO1. The molecular formula is C12H16O2. The molecule has 1 aromatic carbocycles. The van der Waals surface area contributed by atoms with E-state index in [9.17, 15) is 0 Å². The summed E-state index contributed by atoms with van der Waals surface area (Å²) in [5.74, 6) is 0. The highest BCUT2D eigenvalue weighted by molar-refractivity contribution is 5.13. The van der Waals surface area contributed by atoms with Gasteiger partial charge >= 0.3 is 0 Å². The third-order valence-electron chi connectivity index (χ3n) is 2.49. The van der Waals surface area contributed by atoms with E-state index >= 15 is 0 Å². The molecular weight excluding hydrogens is 176 g/mol. The highest BCUT2D eigenvalue weighted by atomic mass is 16.5. The van der Waals surface area contributed by atoms with E-state index in [2.05, 4.69) is 19.1 Å². The Kier molecular flexibility index (Phi) is 3.17. The third-order valence-corrected chi connectivity index (χ3v) is 2.49. The van der Waals surface area contributed by atoms with E-state index in [0.29, 0.717) is 12.7 Å². The minimum atomic E-state index is 0.283. The fraction of sp³-hybridized carbons (Fsp3) is 0.500. The molecule has 0 saturated carbocycles. The summed E-state index contributed by atoms with van der Waals surface area (Å²) < 4.78 is 11.2. The summed E-state index contributed by atoms with van der Waals surface area (Å²) >= 11 is 0. The lowest BCUT2D eigenvalue weighted by atomic mass is 10.2. The van der Waals surface area contributed by atoms with Crippen molar-refractivity contribution in [3.8, 4) is 0 Å². The Hall–Kier alpha value is -0.860. The van der Waals surface area contributed by atoms with Crippen molar-refractivity contribution >= 4 is 0 Å². The number of benzene rings is 1. The molecule has 0 aromatic heterocycles. The molecule has 14 heavy (non-hydrogen) atoms. The third kappa shape index (κ3) is 2.56. The number of rotatable bonds is 3. The van der Waals surface area contributed by atoms with Crippen molar-refractivity contribution in [3.05, 3.63) is 35.9 Å². The first-order valence-corrected chi connectivity index (χ1v) is 5.12. The van der Waals surface area contributed by atoms with Crippen LogP contribution in [0.2, 0.25) is 0 Å². The van der Waals surface area contributed by atoms with Crippen molar-refractivity contribution in [3.63, 3.8) is 0 Å². The summed E-state index contributed by atoms with van der Waals surface area (Å²) in [6.45, 7) is 3.53. The molecule has 1 heterocycles. The zero-order valence-corrected chi connectivity index (χ0v) is 8.48. The van der Waals surface area contributed by atoms with E-state index < -0.39 is 0 Å². The van der Waals surface area contributed by atoms with Crippen LogP contribution in [-0.2, 0) is 16.1 Å². The largest absolute Gasteiger partial charge is 0.376 e. The molecule has 0 aliphatic carbocycles. The topological polar surface area (TPSA) is 18.5 Å². The zero-order valence-electron chi connectivity index (χ0n) is 8.48. The van der Waals surface area contributed by atoms with Gasteiger partial charge in [0.25, 0.3) is 0 Å². The number of hydrogen-bond acceptors (Lipinski definition) is 2. The fourth-order valence-corrected chi connectivity index (χ4v) is 1.68. The Balaban J connectivity index is 1.78. The van der Waals surface area contributed by atoms with Gasteiger partial charge in [-0.25, -0.2) is 0 Å². The Morgan fingerprint density at radius 2 is 2.14 bits per heavy atom. The van der Waals surface area contributed by atoms with Crippen LogP contribution in [0.15, 0.2) is 30.3 Å². The average Bonchev–Trinajstić information content (AvgIpc) is 2.63. The summed E-state index contributed by atoms with van der Waals surface area (Å²) in [6.07, 6.45) is 1.66. The van der Waals surface area contributed by atoms with Crippen LogP contribution in [0.1, 0.15) is 18.9 Å². The van der Waals surface area contributed by atoms with Crippen LogP contribution in [0.5, 0.6) is 0 Å². The van der Waals surface area contributed by atoms with Gasteiger partial charge in [0.2, 0.25) is 0 Å². The van der Waals surface area contributed by atoms with Crippen LogP contribution in [0.3, 0.4) is 0 Å². The van der Waals surface area contributed by atoms with Crippen molar-refractivity contribution in [2.75, 3.05) is 6.61 Å². The molecule has 0 N–H and O–H groups in total. The van der Waals surface area contributed by atoms with Gasteiger partial charge in [0, 0.05) is 6.42 Å². The van der Waals surface area contributed by atoms with E-state index in [1.165, 1.54) is 5.56 Å². The molecule has 2 nitrogen and oxygen atoms in total. The molecule has 1 aromatic rings. The highest BCUT2D eigenvalue weighted by Gasteiger charge is 2.22. The van der Waals surface area contributed by atoms with Gasteiger partial charge in [-0.3, -0.25) is 0 Å².